The normalized spacial score (nSPS) is 12.8. The Labute approximate surface area is 122 Å². The molecule has 0 spiro atoms. The minimum Gasteiger partial charge on any atom is -0.497 e. The second kappa shape index (κ2) is 8.12. The Morgan fingerprint density at radius 2 is 1.90 bits per heavy atom. The Balaban J connectivity index is 2.68. The fourth-order valence-electron chi connectivity index (χ4n) is 1.76. The zero-order chi connectivity index (χ0) is 15.1. The first-order valence-corrected chi connectivity index (χ1v) is 7.16. The molecule has 0 saturated heterocycles. The van der Waals surface area contributed by atoms with E-state index >= 15 is 0 Å². The lowest BCUT2D eigenvalue weighted by Crippen LogP contribution is -2.30. The average Bonchev–Trinajstić information content (AvgIpc) is 2.39. The highest BCUT2D eigenvalue weighted by Gasteiger charge is 2.11. The SMILES string of the molecule is COc1ccc(CNCC(O)C(C)C)c(OC(C)C)c1. The number of aliphatic hydroxyl groups excluding tert-OH is 1. The van der Waals surface area contributed by atoms with E-state index in [-0.39, 0.29) is 18.1 Å². The van der Waals surface area contributed by atoms with E-state index in [0.717, 1.165) is 17.1 Å². The molecule has 4 heteroatoms. The van der Waals surface area contributed by atoms with E-state index < -0.39 is 0 Å². The molecule has 2 N–H and O–H groups in total. The first-order chi connectivity index (χ1) is 9.43. The van der Waals surface area contributed by atoms with Crippen LogP contribution in [-0.4, -0.2) is 31.0 Å². The number of aliphatic hydroxyl groups is 1. The van der Waals surface area contributed by atoms with Crippen molar-refractivity contribution >= 4 is 0 Å². The maximum atomic E-state index is 9.79. The van der Waals surface area contributed by atoms with Gasteiger partial charge in [-0.1, -0.05) is 19.9 Å². The predicted molar refractivity (Wildman–Crippen MR) is 81.3 cm³/mol. The third kappa shape index (κ3) is 5.39. The van der Waals surface area contributed by atoms with E-state index in [1.807, 2.05) is 45.9 Å². The van der Waals surface area contributed by atoms with E-state index in [0.29, 0.717) is 13.1 Å². The van der Waals surface area contributed by atoms with Gasteiger partial charge in [-0.15, -0.1) is 0 Å². The molecule has 0 heterocycles. The van der Waals surface area contributed by atoms with Crippen LogP contribution in [0.1, 0.15) is 33.3 Å². The standard InChI is InChI=1S/C16H27NO3/c1-11(2)15(18)10-17-9-13-6-7-14(19-5)8-16(13)20-12(3)4/h6-8,11-12,15,17-18H,9-10H2,1-5H3. The van der Waals surface area contributed by atoms with Crippen LogP contribution in [0.2, 0.25) is 0 Å². The average molecular weight is 281 g/mol. The largest absolute Gasteiger partial charge is 0.497 e. The molecule has 0 amide bonds. The van der Waals surface area contributed by atoms with Gasteiger partial charge in [-0.05, 0) is 25.8 Å². The molecule has 1 rings (SSSR count). The Bertz CT molecular complexity index is 405. The summed E-state index contributed by atoms with van der Waals surface area (Å²) in [5.41, 5.74) is 1.07. The maximum Gasteiger partial charge on any atom is 0.127 e. The van der Waals surface area contributed by atoms with Crippen LogP contribution in [-0.2, 0) is 6.54 Å². The molecule has 0 radical (unpaired) electrons. The highest BCUT2D eigenvalue weighted by atomic mass is 16.5. The van der Waals surface area contributed by atoms with Gasteiger partial charge in [0.2, 0.25) is 0 Å². The predicted octanol–water partition coefficient (Wildman–Crippen LogP) is 2.59. The number of ether oxygens (including phenoxy) is 2. The Hall–Kier alpha value is -1.26. The molecule has 0 aliphatic heterocycles. The summed E-state index contributed by atoms with van der Waals surface area (Å²) in [4.78, 5) is 0. The lowest BCUT2D eigenvalue weighted by Gasteiger charge is -2.18. The van der Waals surface area contributed by atoms with Crippen molar-refractivity contribution in [1.29, 1.82) is 0 Å². The van der Waals surface area contributed by atoms with Crippen LogP contribution < -0.4 is 14.8 Å². The van der Waals surface area contributed by atoms with Crippen molar-refractivity contribution in [2.75, 3.05) is 13.7 Å². The summed E-state index contributed by atoms with van der Waals surface area (Å²) in [6, 6.07) is 5.81. The van der Waals surface area contributed by atoms with Gasteiger partial charge in [0.15, 0.2) is 0 Å². The first kappa shape index (κ1) is 16.8. The van der Waals surface area contributed by atoms with E-state index in [1.165, 1.54) is 0 Å². The summed E-state index contributed by atoms with van der Waals surface area (Å²) >= 11 is 0. The molecule has 0 bridgehead atoms. The van der Waals surface area contributed by atoms with E-state index in [1.54, 1.807) is 7.11 Å². The van der Waals surface area contributed by atoms with Crippen molar-refractivity contribution in [3.8, 4) is 11.5 Å². The fraction of sp³-hybridized carbons (Fsp3) is 0.625. The molecular weight excluding hydrogens is 254 g/mol. The third-order valence-corrected chi connectivity index (χ3v) is 3.08. The van der Waals surface area contributed by atoms with Gasteiger partial charge < -0.3 is 19.9 Å². The molecule has 0 fully saturated rings. The monoisotopic (exact) mass is 281 g/mol. The maximum absolute atomic E-state index is 9.79. The molecule has 4 nitrogen and oxygen atoms in total. The molecule has 0 aromatic heterocycles. The minimum absolute atomic E-state index is 0.113. The molecule has 0 saturated carbocycles. The molecule has 114 valence electrons. The Morgan fingerprint density at radius 3 is 2.45 bits per heavy atom. The molecule has 0 aliphatic carbocycles. The third-order valence-electron chi connectivity index (χ3n) is 3.08. The highest BCUT2D eigenvalue weighted by Crippen LogP contribution is 2.25. The van der Waals surface area contributed by atoms with Crippen molar-refractivity contribution in [2.45, 2.75) is 46.4 Å². The van der Waals surface area contributed by atoms with E-state index in [9.17, 15) is 5.11 Å². The van der Waals surface area contributed by atoms with Gasteiger partial charge in [-0.2, -0.15) is 0 Å². The van der Waals surface area contributed by atoms with Gasteiger partial charge in [0, 0.05) is 24.7 Å². The second-order valence-electron chi connectivity index (χ2n) is 5.58. The topological polar surface area (TPSA) is 50.7 Å². The second-order valence-corrected chi connectivity index (χ2v) is 5.58. The van der Waals surface area contributed by atoms with Crippen molar-refractivity contribution in [2.24, 2.45) is 5.92 Å². The minimum atomic E-state index is -0.331. The van der Waals surface area contributed by atoms with Crippen LogP contribution in [0, 0.1) is 5.92 Å². The van der Waals surface area contributed by atoms with Gasteiger partial charge in [0.25, 0.3) is 0 Å². The number of methoxy groups -OCH3 is 1. The van der Waals surface area contributed by atoms with Gasteiger partial charge in [0.05, 0.1) is 19.3 Å². The summed E-state index contributed by atoms with van der Waals surface area (Å²) < 4.78 is 11.0. The number of benzene rings is 1. The summed E-state index contributed by atoms with van der Waals surface area (Å²) in [5, 5.41) is 13.1. The van der Waals surface area contributed by atoms with Crippen LogP contribution in [0.3, 0.4) is 0 Å². The number of nitrogens with one attached hydrogen (secondary N) is 1. The van der Waals surface area contributed by atoms with Gasteiger partial charge in [-0.25, -0.2) is 0 Å². The lowest BCUT2D eigenvalue weighted by molar-refractivity contribution is 0.123. The van der Waals surface area contributed by atoms with Crippen molar-refractivity contribution in [1.82, 2.24) is 5.32 Å². The lowest BCUT2D eigenvalue weighted by atomic mass is 10.1. The van der Waals surface area contributed by atoms with Gasteiger partial charge in [0.1, 0.15) is 11.5 Å². The van der Waals surface area contributed by atoms with Crippen LogP contribution in [0.25, 0.3) is 0 Å². The summed E-state index contributed by atoms with van der Waals surface area (Å²) in [6.45, 7) is 9.25. The van der Waals surface area contributed by atoms with Crippen molar-refractivity contribution in [3.63, 3.8) is 0 Å². The summed E-state index contributed by atoms with van der Waals surface area (Å²) in [7, 11) is 1.64. The van der Waals surface area contributed by atoms with Crippen LogP contribution in [0.5, 0.6) is 11.5 Å². The van der Waals surface area contributed by atoms with Gasteiger partial charge >= 0.3 is 0 Å². The highest BCUT2D eigenvalue weighted by molar-refractivity contribution is 5.40. The fourth-order valence-corrected chi connectivity index (χ4v) is 1.76. The molecule has 1 unspecified atom stereocenters. The Kier molecular flexibility index (Phi) is 6.82. The molecular formula is C16H27NO3. The molecule has 1 atom stereocenters. The van der Waals surface area contributed by atoms with E-state index in [2.05, 4.69) is 5.32 Å². The smallest absolute Gasteiger partial charge is 0.127 e. The summed E-state index contributed by atoms with van der Waals surface area (Å²) in [5.74, 6) is 1.86. The van der Waals surface area contributed by atoms with E-state index in [4.69, 9.17) is 9.47 Å². The first-order valence-electron chi connectivity index (χ1n) is 7.16. The zero-order valence-corrected chi connectivity index (χ0v) is 13.1. The Morgan fingerprint density at radius 1 is 1.20 bits per heavy atom. The molecule has 1 aromatic carbocycles. The van der Waals surface area contributed by atoms with Gasteiger partial charge in [-0.3, -0.25) is 0 Å². The van der Waals surface area contributed by atoms with Crippen molar-refractivity contribution in [3.05, 3.63) is 23.8 Å². The van der Waals surface area contributed by atoms with Crippen LogP contribution >= 0.6 is 0 Å². The summed E-state index contributed by atoms with van der Waals surface area (Å²) in [6.07, 6.45) is -0.218. The van der Waals surface area contributed by atoms with Crippen LogP contribution in [0.4, 0.5) is 0 Å². The quantitative estimate of drug-likeness (QED) is 0.769. The number of hydrogen-bond acceptors (Lipinski definition) is 4. The van der Waals surface area contributed by atoms with Crippen molar-refractivity contribution < 1.29 is 14.6 Å². The number of rotatable bonds is 8. The van der Waals surface area contributed by atoms with Crippen LogP contribution in [0.15, 0.2) is 18.2 Å². The number of hydrogen-bond donors (Lipinski definition) is 2. The molecule has 0 aliphatic rings. The molecule has 20 heavy (non-hydrogen) atoms. The molecule has 1 aromatic rings. The zero-order valence-electron chi connectivity index (χ0n) is 13.1.